The van der Waals surface area contributed by atoms with Gasteiger partial charge in [0, 0.05) is 13.1 Å². The first-order valence-electron chi connectivity index (χ1n) is 6.48. The molecule has 0 heterocycles. The molecular weight excluding hydrogens is 232 g/mol. The minimum absolute atomic E-state index is 0.0661. The summed E-state index contributed by atoms with van der Waals surface area (Å²) in [6.07, 6.45) is 0.709. The summed E-state index contributed by atoms with van der Waals surface area (Å²) in [6, 6.07) is -1.09. The minimum Gasteiger partial charge on any atom is -0.480 e. The number of carboxylic acids is 1. The molecule has 0 aromatic heterocycles. The first kappa shape index (κ1) is 16.7. The normalized spacial score (nSPS) is 15.9. The molecule has 2 amide bonds. The van der Waals surface area contributed by atoms with Gasteiger partial charge in [0.1, 0.15) is 6.04 Å². The van der Waals surface area contributed by atoms with Gasteiger partial charge in [-0.2, -0.15) is 0 Å². The smallest absolute Gasteiger partial charge is 0.326 e. The number of urea groups is 1. The third kappa shape index (κ3) is 4.55. The van der Waals surface area contributed by atoms with E-state index in [0.29, 0.717) is 12.3 Å². The van der Waals surface area contributed by atoms with Crippen LogP contribution in [0.25, 0.3) is 0 Å². The van der Waals surface area contributed by atoms with Crippen LogP contribution < -0.4 is 5.32 Å². The maximum atomic E-state index is 12.0. The summed E-state index contributed by atoms with van der Waals surface area (Å²) in [5.74, 6) is -0.745. The van der Waals surface area contributed by atoms with Crippen molar-refractivity contribution < 1.29 is 14.7 Å². The fourth-order valence-electron chi connectivity index (χ4n) is 1.55. The largest absolute Gasteiger partial charge is 0.480 e. The van der Waals surface area contributed by atoms with Gasteiger partial charge >= 0.3 is 12.0 Å². The Morgan fingerprint density at radius 1 is 1.22 bits per heavy atom. The summed E-state index contributed by atoms with van der Waals surface area (Å²) in [5, 5.41) is 11.7. The topological polar surface area (TPSA) is 69.6 Å². The monoisotopic (exact) mass is 258 g/mol. The number of nitrogens with one attached hydrogen (secondary N) is 1. The van der Waals surface area contributed by atoms with Gasteiger partial charge in [-0.25, -0.2) is 9.59 Å². The second-order valence-corrected chi connectivity index (χ2v) is 5.25. The zero-order valence-electron chi connectivity index (χ0n) is 12.2. The fourth-order valence-corrected chi connectivity index (χ4v) is 1.55. The van der Waals surface area contributed by atoms with E-state index < -0.39 is 12.0 Å². The molecule has 0 aliphatic rings. The number of hydrogen-bond donors (Lipinski definition) is 2. The highest BCUT2D eigenvalue weighted by Crippen LogP contribution is 2.11. The van der Waals surface area contributed by atoms with Crippen LogP contribution in [0.5, 0.6) is 0 Å². The van der Waals surface area contributed by atoms with Gasteiger partial charge in [-0.15, -0.1) is 0 Å². The summed E-state index contributed by atoms with van der Waals surface area (Å²) in [4.78, 5) is 24.7. The molecule has 0 bridgehead atoms. The van der Waals surface area contributed by atoms with E-state index in [1.54, 1.807) is 11.9 Å². The molecule has 18 heavy (non-hydrogen) atoms. The molecule has 5 nitrogen and oxygen atoms in total. The van der Waals surface area contributed by atoms with Gasteiger partial charge in [-0.3, -0.25) is 0 Å². The van der Waals surface area contributed by atoms with Gasteiger partial charge in [0.25, 0.3) is 0 Å². The van der Waals surface area contributed by atoms with Crippen LogP contribution >= 0.6 is 0 Å². The maximum Gasteiger partial charge on any atom is 0.326 e. The molecule has 0 saturated heterocycles. The summed E-state index contributed by atoms with van der Waals surface area (Å²) < 4.78 is 0. The third-order valence-corrected chi connectivity index (χ3v) is 3.65. The summed E-state index contributed by atoms with van der Waals surface area (Å²) >= 11 is 0. The molecule has 2 N–H and O–H groups in total. The first-order chi connectivity index (χ1) is 8.22. The van der Waals surface area contributed by atoms with Gasteiger partial charge in [-0.1, -0.05) is 34.1 Å². The van der Waals surface area contributed by atoms with Gasteiger partial charge in [0.2, 0.25) is 0 Å². The molecular formula is C13H26N2O3. The zero-order chi connectivity index (χ0) is 14.5. The molecule has 0 fully saturated rings. The highest BCUT2D eigenvalue weighted by Gasteiger charge is 2.28. The van der Waals surface area contributed by atoms with Crippen molar-refractivity contribution in [3.8, 4) is 0 Å². The van der Waals surface area contributed by atoms with Crippen molar-refractivity contribution in [3.63, 3.8) is 0 Å². The first-order valence-corrected chi connectivity index (χ1v) is 6.48. The molecule has 0 saturated carbocycles. The van der Waals surface area contributed by atoms with E-state index in [9.17, 15) is 9.59 Å². The van der Waals surface area contributed by atoms with Crippen LogP contribution in [0, 0.1) is 11.8 Å². The van der Waals surface area contributed by atoms with Crippen LogP contribution in [-0.2, 0) is 4.79 Å². The van der Waals surface area contributed by atoms with E-state index >= 15 is 0 Å². The highest BCUT2D eigenvalue weighted by atomic mass is 16.4. The Balaban J connectivity index is 4.65. The average Bonchev–Trinajstić information content (AvgIpc) is 2.32. The van der Waals surface area contributed by atoms with Crippen molar-refractivity contribution in [1.82, 2.24) is 10.2 Å². The molecule has 0 aliphatic carbocycles. The predicted molar refractivity (Wildman–Crippen MR) is 71.5 cm³/mol. The molecule has 0 rings (SSSR count). The van der Waals surface area contributed by atoms with Gasteiger partial charge in [0.05, 0.1) is 0 Å². The molecule has 0 aromatic carbocycles. The van der Waals surface area contributed by atoms with Crippen molar-refractivity contribution in [3.05, 3.63) is 0 Å². The number of carbonyl (C=O) groups excluding carboxylic acids is 1. The van der Waals surface area contributed by atoms with Crippen LogP contribution in [0.4, 0.5) is 4.79 Å². The van der Waals surface area contributed by atoms with Crippen LogP contribution in [0.2, 0.25) is 0 Å². The molecule has 0 aromatic rings. The fraction of sp³-hybridized carbons (Fsp3) is 0.846. The quantitative estimate of drug-likeness (QED) is 0.767. The zero-order valence-corrected chi connectivity index (χ0v) is 12.2. The van der Waals surface area contributed by atoms with E-state index in [2.05, 4.69) is 5.32 Å². The molecule has 5 heteroatoms. The number of aliphatic carboxylic acids is 1. The molecule has 3 atom stereocenters. The standard InChI is InChI=1S/C13H26N2O3/c1-7-9(4)11(12(16)17)14-13(18)15(6)10(5)8(2)3/h8-11H,7H2,1-6H3,(H,14,18)(H,16,17)/t9-,10?,11-/m0/s1. The Morgan fingerprint density at radius 2 is 1.72 bits per heavy atom. The van der Waals surface area contributed by atoms with Crippen molar-refractivity contribution in [2.45, 2.75) is 53.1 Å². The van der Waals surface area contributed by atoms with Crippen molar-refractivity contribution in [2.75, 3.05) is 7.05 Å². The van der Waals surface area contributed by atoms with Crippen molar-refractivity contribution >= 4 is 12.0 Å². The van der Waals surface area contributed by atoms with Crippen molar-refractivity contribution in [1.29, 1.82) is 0 Å². The molecule has 0 radical (unpaired) electrons. The Labute approximate surface area is 110 Å². The van der Waals surface area contributed by atoms with E-state index in [1.165, 1.54) is 0 Å². The number of amides is 2. The lowest BCUT2D eigenvalue weighted by molar-refractivity contribution is -0.140. The van der Waals surface area contributed by atoms with Crippen LogP contribution in [0.15, 0.2) is 0 Å². The predicted octanol–water partition coefficient (Wildman–Crippen LogP) is 2.17. The van der Waals surface area contributed by atoms with E-state index in [1.807, 2.05) is 34.6 Å². The van der Waals surface area contributed by atoms with Crippen molar-refractivity contribution in [2.24, 2.45) is 11.8 Å². The molecule has 0 aliphatic heterocycles. The number of carbonyl (C=O) groups is 2. The van der Waals surface area contributed by atoms with E-state index in [4.69, 9.17) is 5.11 Å². The highest BCUT2D eigenvalue weighted by molar-refractivity contribution is 5.82. The molecule has 106 valence electrons. The second-order valence-electron chi connectivity index (χ2n) is 5.25. The summed E-state index contributed by atoms with van der Waals surface area (Å²) in [7, 11) is 1.69. The maximum absolute atomic E-state index is 12.0. The number of hydrogen-bond acceptors (Lipinski definition) is 2. The van der Waals surface area contributed by atoms with Gasteiger partial charge < -0.3 is 15.3 Å². The number of rotatable bonds is 6. The number of nitrogens with zero attached hydrogens (tertiary/aromatic N) is 1. The Morgan fingerprint density at radius 3 is 2.06 bits per heavy atom. The van der Waals surface area contributed by atoms with E-state index in [0.717, 1.165) is 0 Å². The summed E-state index contributed by atoms with van der Waals surface area (Å²) in [5.41, 5.74) is 0. The van der Waals surface area contributed by atoms with Gasteiger partial charge in [0.15, 0.2) is 0 Å². The SMILES string of the molecule is CC[C@H](C)[C@H](NC(=O)N(C)C(C)C(C)C)C(=O)O. The van der Waals surface area contributed by atoms with Crippen LogP contribution in [0.1, 0.15) is 41.0 Å². The lowest BCUT2D eigenvalue weighted by Gasteiger charge is -2.30. The lowest BCUT2D eigenvalue weighted by Crippen LogP contribution is -2.52. The molecule has 0 spiro atoms. The summed E-state index contributed by atoms with van der Waals surface area (Å²) in [6.45, 7) is 9.73. The minimum atomic E-state index is -0.983. The third-order valence-electron chi connectivity index (χ3n) is 3.65. The van der Waals surface area contributed by atoms with E-state index in [-0.39, 0.29) is 18.0 Å². The van der Waals surface area contributed by atoms with Gasteiger partial charge in [-0.05, 0) is 18.8 Å². The second kappa shape index (κ2) is 7.24. The average molecular weight is 258 g/mol. The number of carboxylic acid groups (broad SMARTS) is 1. The van der Waals surface area contributed by atoms with Crippen LogP contribution in [-0.4, -0.2) is 41.1 Å². The Hall–Kier alpha value is -1.26. The molecule has 1 unspecified atom stereocenters. The Kier molecular flexibility index (Phi) is 6.73. The lowest BCUT2D eigenvalue weighted by atomic mass is 9.99. The Bertz CT molecular complexity index is 292. The van der Waals surface area contributed by atoms with Crippen LogP contribution in [0.3, 0.4) is 0 Å².